The van der Waals surface area contributed by atoms with E-state index in [0.717, 1.165) is 11.3 Å². The van der Waals surface area contributed by atoms with Crippen molar-refractivity contribution in [1.82, 2.24) is 4.57 Å². The Labute approximate surface area is 248 Å². The number of hydrogen-bond donors (Lipinski definition) is 1. The van der Waals surface area contributed by atoms with Gasteiger partial charge in [0.1, 0.15) is 11.5 Å². The summed E-state index contributed by atoms with van der Waals surface area (Å²) in [6.07, 6.45) is 2.97. The second-order valence-electron chi connectivity index (χ2n) is 8.95. The molecule has 1 atom stereocenters. The summed E-state index contributed by atoms with van der Waals surface area (Å²) >= 11 is 7.42. The van der Waals surface area contributed by atoms with E-state index < -0.39 is 23.5 Å². The minimum absolute atomic E-state index is 0.0591. The summed E-state index contributed by atoms with van der Waals surface area (Å²) < 4.78 is 24.1. The zero-order chi connectivity index (χ0) is 30.0. The fourth-order valence-electron chi connectivity index (χ4n) is 4.54. The van der Waals surface area contributed by atoms with Crippen molar-refractivity contribution in [2.24, 2.45) is 4.99 Å². The molecule has 0 amide bonds. The number of carboxylic acid groups (broad SMARTS) is 1. The largest absolute Gasteiger partial charge is 0.490 e. The van der Waals surface area contributed by atoms with E-state index >= 15 is 0 Å². The number of furan rings is 1. The van der Waals surface area contributed by atoms with E-state index in [1.165, 1.54) is 36.1 Å². The van der Waals surface area contributed by atoms with Crippen molar-refractivity contribution >= 4 is 41.0 Å². The molecule has 0 bridgehead atoms. The van der Waals surface area contributed by atoms with Crippen molar-refractivity contribution in [3.63, 3.8) is 0 Å². The SMILES string of the molecule is CCOc1ccc([C@@H]2C(C(=O)OC)=CN=c3s/c(=C\c4ccc(-c5cc(C(=O)O)ccc5Cl)o4)c(=O)n32)cc1OCC. The van der Waals surface area contributed by atoms with Gasteiger partial charge >= 0.3 is 11.9 Å². The summed E-state index contributed by atoms with van der Waals surface area (Å²) in [6.45, 7) is 4.54. The molecule has 2 aromatic heterocycles. The highest BCUT2D eigenvalue weighted by atomic mass is 35.5. The minimum atomic E-state index is -1.09. The van der Waals surface area contributed by atoms with Crippen LogP contribution in [0.4, 0.5) is 0 Å². The molecule has 0 unspecified atom stereocenters. The number of carboxylic acids is 1. The molecule has 42 heavy (non-hydrogen) atoms. The zero-order valence-electron chi connectivity index (χ0n) is 22.8. The maximum Gasteiger partial charge on any atom is 0.337 e. The lowest BCUT2D eigenvalue weighted by molar-refractivity contribution is -0.136. The molecular formula is C30H25ClN2O8S. The molecule has 0 saturated carbocycles. The average Bonchev–Trinajstić information content (AvgIpc) is 3.57. The van der Waals surface area contributed by atoms with Gasteiger partial charge in [-0.05, 0) is 61.9 Å². The number of methoxy groups -OCH3 is 1. The van der Waals surface area contributed by atoms with E-state index in [0.29, 0.717) is 61.7 Å². The molecule has 216 valence electrons. The van der Waals surface area contributed by atoms with E-state index in [9.17, 15) is 19.5 Å². The topological polar surface area (TPSA) is 130 Å². The number of esters is 1. The third kappa shape index (κ3) is 5.48. The first-order valence-electron chi connectivity index (χ1n) is 12.9. The summed E-state index contributed by atoms with van der Waals surface area (Å²) in [5.74, 6) is -0.0133. The predicted molar refractivity (Wildman–Crippen MR) is 156 cm³/mol. The van der Waals surface area contributed by atoms with Crippen molar-refractivity contribution < 1.29 is 33.3 Å². The predicted octanol–water partition coefficient (Wildman–Crippen LogP) is 4.43. The Hall–Kier alpha value is -4.61. The van der Waals surface area contributed by atoms with E-state index in [4.69, 9.17) is 30.2 Å². The van der Waals surface area contributed by atoms with Crippen molar-refractivity contribution in [2.75, 3.05) is 20.3 Å². The van der Waals surface area contributed by atoms with Crippen LogP contribution in [0.3, 0.4) is 0 Å². The van der Waals surface area contributed by atoms with E-state index in [-0.39, 0.29) is 11.1 Å². The van der Waals surface area contributed by atoms with Crippen LogP contribution in [0.2, 0.25) is 5.02 Å². The van der Waals surface area contributed by atoms with Gasteiger partial charge in [-0.3, -0.25) is 9.36 Å². The molecule has 0 aliphatic carbocycles. The van der Waals surface area contributed by atoms with Crippen molar-refractivity contribution in [3.05, 3.63) is 102 Å². The molecule has 0 saturated heterocycles. The molecule has 0 radical (unpaired) electrons. The van der Waals surface area contributed by atoms with Crippen molar-refractivity contribution in [1.29, 1.82) is 0 Å². The average molecular weight is 609 g/mol. The molecule has 0 spiro atoms. The first-order valence-corrected chi connectivity index (χ1v) is 14.1. The highest BCUT2D eigenvalue weighted by molar-refractivity contribution is 7.07. The van der Waals surface area contributed by atoms with Gasteiger partial charge in [0.2, 0.25) is 0 Å². The Bertz CT molecular complexity index is 1900. The number of hydrogen-bond acceptors (Lipinski definition) is 9. The molecule has 2 aromatic carbocycles. The summed E-state index contributed by atoms with van der Waals surface area (Å²) in [7, 11) is 1.27. The third-order valence-corrected chi connectivity index (χ3v) is 7.71. The number of carbonyl (C=O) groups excluding carboxylic acids is 1. The monoisotopic (exact) mass is 608 g/mol. The number of carbonyl (C=O) groups is 2. The first kappa shape index (κ1) is 28.9. The maximum atomic E-state index is 13.8. The number of aromatic carboxylic acids is 1. The van der Waals surface area contributed by atoms with Crippen molar-refractivity contribution in [3.8, 4) is 22.8 Å². The van der Waals surface area contributed by atoms with Gasteiger partial charge in [0.05, 0.1) is 47.1 Å². The number of benzene rings is 2. The van der Waals surface area contributed by atoms with Gasteiger partial charge in [-0.25, -0.2) is 14.6 Å². The van der Waals surface area contributed by atoms with Crippen LogP contribution in [-0.4, -0.2) is 41.9 Å². The summed E-state index contributed by atoms with van der Waals surface area (Å²) in [4.78, 5) is 42.8. The van der Waals surface area contributed by atoms with Crippen LogP contribution in [0.5, 0.6) is 11.5 Å². The van der Waals surface area contributed by atoms with Gasteiger partial charge < -0.3 is 23.7 Å². The fraction of sp³-hybridized carbons (Fsp3) is 0.200. The van der Waals surface area contributed by atoms with Gasteiger partial charge in [0.25, 0.3) is 5.56 Å². The quantitative estimate of drug-likeness (QED) is 0.276. The van der Waals surface area contributed by atoms with E-state index in [1.54, 1.807) is 36.4 Å². The number of nitrogens with zero attached hydrogens (tertiary/aromatic N) is 2. The standard InChI is InChI=1S/C30H25ClN2O8S/c1-4-39-23-10-7-16(13-24(23)40-5-2)26-20(29(37)38-3)15-32-30-33(26)27(34)25(42-30)14-18-8-11-22(41-18)19-12-17(28(35)36)6-9-21(19)31/h6-15,26H,4-5H2,1-3H3,(H,35,36)/b25-14-/t26-/m1/s1. The van der Waals surface area contributed by atoms with Crippen LogP contribution in [0.15, 0.2) is 74.5 Å². The third-order valence-electron chi connectivity index (χ3n) is 6.39. The molecule has 1 N–H and O–H groups in total. The Morgan fingerprint density at radius 3 is 2.57 bits per heavy atom. The van der Waals surface area contributed by atoms with Gasteiger partial charge in [-0.15, -0.1) is 0 Å². The number of rotatable bonds is 9. The molecule has 1 aliphatic heterocycles. The van der Waals surface area contributed by atoms with Crippen LogP contribution in [-0.2, 0) is 9.53 Å². The van der Waals surface area contributed by atoms with Gasteiger partial charge in [-0.1, -0.05) is 29.0 Å². The van der Waals surface area contributed by atoms with Crippen LogP contribution < -0.4 is 24.4 Å². The lowest BCUT2D eigenvalue weighted by Gasteiger charge is -2.23. The Morgan fingerprint density at radius 1 is 1.10 bits per heavy atom. The van der Waals surface area contributed by atoms with Crippen LogP contribution in [0.25, 0.3) is 17.4 Å². The summed E-state index contributed by atoms with van der Waals surface area (Å²) in [5.41, 5.74) is 0.851. The Kier molecular flexibility index (Phi) is 8.32. The summed E-state index contributed by atoms with van der Waals surface area (Å²) in [5, 5.41) is 9.66. The summed E-state index contributed by atoms with van der Waals surface area (Å²) in [6, 6.07) is 12.0. The molecule has 3 heterocycles. The van der Waals surface area contributed by atoms with Gasteiger partial charge in [-0.2, -0.15) is 0 Å². The normalized spacial score (nSPS) is 14.5. The van der Waals surface area contributed by atoms with Crippen LogP contribution >= 0.6 is 22.9 Å². The number of ether oxygens (including phenoxy) is 3. The maximum absolute atomic E-state index is 13.8. The first-order chi connectivity index (χ1) is 20.2. The smallest absolute Gasteiger partial charge is 0.337 e. The molecule has 5 rings (SSSR count). The van der Waals surface area contributed by atoms with E-state index in [2.05, 4.69) is 4.99 Å². The number of thiazole rings is 1. The van der Waals surface area contributed by atoms with Crippen molar-refractivity contribution in [2.45, 2.75) is 19.9 Å². The fourth-order valence-corrected chi connectivity index (χ4v) is 5.70. The van der Waals surface area contributed by atoms with Gasteiger partial charge in [0, 0.05) is 17.8 Å². The Balaban J connectivity index is 1.61. The van der Waals surface area contributed by atoms with E-state index in [1.807, 2.05) is 13.8 Å². The second kappa shape index (κ2) is 12.1. The zero-order valence-corrected chi connectivity index (χ0v) is 24.3. The highest BCUT2D eigenvalue weighted by Crippen LogP contribution is 2.35. The minimum Gasteiger partial charge on any atom is -0.490 e. The number of aromatic nitrogens is 1. The van der Waals surface area contributed by atoms with Gasteiger partial charge in [0.15, 0.2) is 16.3 Å². The lowest BCUT2D eigenvalue weighted by Crippen LogP contribution is -2.39. The van der Waals surface area contributed by atoms with Crippen LogP contribution in [0.1, 0.15) is 41.6 Å². The highest BCUT2D eigenvalue weighted by Gasteiger charge is 2.31. The molecule has 0 fully saturated rings. The van der Waals surface area contributed by atoms with Crippen LogP contribution in [0, 0.1) is 0 Å². The number of fused-ring (bicyclic) bond motifs is 1. The Morgan fingerprint density at radius 2 is 1.86 bits per heavy atom. The molecular weight excluding hydrogens is 584 g/mol. The molecule has 12 heteroatoms. The second-order valence-corrected chi connectivity index (χ2v) is 10.4. The molecule has 4 aromatic rings. The lowest BCUT2D eigenvalue weighted by atomic mass is 9.97. The molecule has 1 aliphatic rings. The number of halogens is 1. The molecule has 10 nitrogen and oxygen atoms in total.